The van der Waals surface area contributed by atoms with Crippen LogP contribution in [0.15, 0.2) is 29.6 Å². The number of nitrogens with one attached hydrogen (secondary N) is 2. The Hall–Kier alpha value is -2.45. The van der Waals surface area contributed by atoms with Gasteiger partial charge in [0.1, 0.15) is 5.69 Å². The average Bonchev–Trinajstić information content (AvgIpc) is 2.89. The maximum atomic E-state index is 12.0. The molecular weight excluding hydrogens is 290 g/mol. The van der Waals surface area contributed by atoms with E-state index in [4.69, 9.17) is 11.5 Å². The van der Waals surface area contributed by atoms with Crippen LogP contribution in [-0.2, 0) is 6.42 Å². The van der Waals surface area contributed by atoms with Gasteiger partial charge in [-0.1, -0.05) is 0 Å². The molecule has 3 amide bonds. The third kappa shape index (κ3) is 4.26. The van der Waals surface area contributed by atoms with E-state index < -0.39 is 6.03 Å². The van der Waals surface area contributed by atoms with Gasteiger partial charge in [-0.2, -0.15) is 0 Å². The zero-order valence-corrected chi connectivity index (χ0v) is 11.9. The summed E-state index contributed by atoms with van der Waals surface area (Å²) >= 11 is 1.41. The van der Waals surface area contributed by atoms with Crippen molar-refractivity contribution in [2.75, 3.05) is 17.2 Å². The fourth-order valence-electron chi connectivity index (χ4n) is 1.63. The number of thiazole rings is 1. The van der Waals surface area contributed by atoms with Crippen LogP contribution >= 0.6 is 11.3 Å². The third-order valence-electron chi connectivity index (χ3n) is 2.55. The smallest absolute Gasteiger partial charge is 0.316 e. The molecule has 0 spiro atoms. The van der Waals surface area contributed by atoms with Gasteiger partial charge in [0.25, 0.3) is 5.91 Å². The van der Waals surface area contributed by atoms with Gasteiger partial charge in [0.2, 0.25) is 0 Å². The van der Waals surface area contributed by atoms with Gasteiger partial charge in [-0.3, -0.25) is 4.79 Å². The van der Waals surface area contributed by atoms with Crippen LogP contribution in [0.3, 0.4) is 0 Å². The topological polar surface area (TPSA) is 123 Å². The first-order chi connectivity index (χ1) is 10.1. The maximum Gasteiger partial charge on any atom is 0.316 e. The largest absolute Gasteiger partial charge is 0.351 e. The molecule has 1 aromatic heterocycles. The van der Waals surface area contributed by atoms with Crippen LogP contribution in [0.5, 0.6) is 0 Å². The number of rotatable bonds is 5. The molecular formula is C13H15N5O2S. The number of primary amides is 1. The standard InChI is InChI=1S/C13H15N5O2S/c14-6-5-11-18-10(7-21-11)12(19)16-8-1-3-9(4-2-8)17-13(15)20/h1-4,7H,5-6,14H2,(H,16,19)(H3,15,17,20). The van der Waals surface area contributed by atoms with Gasteiger partial charge in [-0.15, -0.1) is 11.3 Å². The Kier molecular flexibility index (Phi) is 4.85. The van der Waals surface area contributed by atoms with Gasteiger partial charge in [0.05, 0.1) is 5.01 Å². The molecule has 0 unspecified atom stereocenters. The Balaban J connectivity index is 1.99. The number of carbonyl (C=O) groups is 2. The Bertz CT molecular complexity index is 638. The quantitative estimate of drug-likeness (QED) is 0.666. The highest BCUT2D eigenvalue weighted by atomic mass is 32.1. The van der Waals surface area contributed by atoms with Gasteiger partial charge >= 0.3 is 6.03 Å². The molecule has 0 radical (unpaired) electrons. The first-order valence-electron chi connectivity index (χ1n) is 6.21. The molecule has 0 bridgehead atoms. The van der Waals surface area contributed by atoms with Crippen molar-refractivity contribution >= 4 is 34.6 Å². The molecule has 0 saturated heterocycles. The predicted molar refractivity (Wildman–Crippen MR) is 82.5 cm³/mol. The number of aromatic nitrogens is 1. The van der Waals surface area contributed by atoms with Crippen LogP contribution in [0.2, 0.25) is 0 Å². The molecule has 6 N–H and O–H groups in total. The van der Waals surface area contributed by atoms with Gasteiger partial charge in [0, 0.05) is 23.2 Å². The van der Waals surface area contributed by atoms with E-state index >= 15 is 0 Å². The van der Waals surface area contributed by atoms with Gasteiger partial charge in [0.15, 0.2) is 0 Å². The van der Waals surface area contributed by atoms with Crippen molar-refractivity contribution in [3.63, 3.8) is 0 Å². The monoisotopic (exact) mass is 305 g/mol. The summed E-state index contributed by atoms with van der Waals surface area (Å²) in [4.78, 5) is 26.9. The molecule has 8 heteroatoms. The molecule has 0 atom stereocenters. The fraction of sp³-hybridized carbons (Fsp3) is 0.154. The summed E-state index contributed by atoms with van der Waals surface area (Å²) in [5.41, 5.74) is 12.0. The van der Waals surface area contributed by atoms with Crippen molar-refractivity contribution in [2.24, 2.45) is 11.5 Å². The molecule has 0 aliphatic carbocycles. The number of urea groups is 1. The molecule has 110 valence electrons. The minimum Gasteiger partial charge on any atom is -0.351 e. The predicted octanol–water partition coefficient (Wildman–Crippen LogP) is 1.39. The Morgan fingerprint density at radius 2 is 1.76 bits per heavy atom. The molecule has 0 aliphatic rings. The molecule has 2 aromatic rings. The lowest BCUT2D eigenvalue weighted by Crippen LogP contribution is -2.19. The van der Waals surface area contributed by atoms with Crippen molar-refractivity contribution in [3.05, 3.63) is 40.3 Å². The number of carbonyl (C=O) groups excluding carboxylic acids is 2. The van der Waals surface area contributed by atoms with E-state index in [2.05, 4.69) is 15.6 Å². The summed E-state index contributed by atoms with van der Waals surface area (Å²) in [5.74, 6) is -0.287. The van der Waals surface area contributed by atoms with E-state index in [0.29, 0.717) is 30.0 Å². The normalized spacial score (nSPS) is 10.1. The van der Waals surface area contributed by atoms with E-state index in [0.717, 1.165) is 5.01 Å². The summed E-state index contributed by atoms with van der Waals surface area (Å²) in [7, 11) is 0. The average molecular weight is 305 g/mol. The summed E-state index contributed by atoms with van der Waals surface area (Å²) in [6, 6.07) is 5.97. The van der Waals surface area contributed by atoms with Crippen molar-refractivity contribution < 1.29 is 9.59 Å². The first-order valence-corrected chi connectivity index (χ1v) is 7.09. The van der Waals surface area contributed by atoms with Crippen molar-refractivity contribution in [3.8, 4) is 0 Å². The summed E-state index contributed by atoms with van der Waals surface area (Å²) < 4.78 is 0. The lowest BCUT2D eigenvalue weighted by atomic mass is 10.2. The van der Waals surface area contributed by atoms with E-state index in [1.54, 1.807) is 29.6 Å². The molecule has 21 heavy (non-hydrogen) atoms. The molecule has 7 nitrogen and oxygen atoms in total. The highest BCUT2D eigenvalue weighted by Crippen LogP contribution is 2.16. The maximum absolute atomic E-state index is 12.0. The fourth-order valence-corrected chi connectivity index (χ4v) is 2.42. The number of amides is 3. The minimum atomic E-state index is -0.637. The number of anilines is 2. The van der Waals surface area contributed by atoms with Crippen molar-refractivity contribution in [1.82, 2.24) is 4.98 Å². The lowest BCUT2D eigenvalue weighted by Gasteiger charge is -2.05. The van der Waals surface area contributed by atoms with E-state index in [1.807, 2.05) is 0 Å². The molecule has 1 aromatic carbocycles. The number of benzene rings is 1. The van der Waals surface area contributed by atoms with Crippen LogP contribution < -0.4 is 22.1 Å². The second-order valence-electron chi connectivity index (χ2n) is 4.19. The second kappa shape index (κ2) is 6.82. The molecule has 2 rings (SSSR count). The third-order valence-corrected chi connectivity index (χ3v) is 3.46. The highest BCUT2D eigenvalue weighted by molar-refractivity contribution is 7.09. The number of hydrogen-bond acceptors (Lipinski definition) is 5. The van der Waals surface area contributed by atoms with Gasteiger partial charge in [-0.05, 0) is 30.8 Å². The molecule has 0 aliphatic heterocycles. The molecule has 1 heterocycles. The lowest BCUT2D eigenvalue weighted by molar-refractivity contribution is 0.102. The number of nitrogens with two attached hydrogens (primary N) is 2. The molecule has 0 saturated carbocycles. The second-order valence-corrected chi connectivity index (χ2v) is 5.13. The minimum absolute atomic E-state index is 0.287. The first kappa shape index (κ1) is 14.9. The van der Waals surface area contributed by atoms with Gasteiger partial charge < -0.3 is 22.1 Å². The van der Waals surface area contributed by atoms with E-state index in [1.165, 1.54) is 11.3 Å². The summed E-state index contributed by atoms with van der Waals surface area (Å²) in [6.45, 7) is 0.503. The summed E-state index contributed by atoms with van der Waals surface area (Å²) in [5, 5.41) is 7.70. The molecule has 0 fully saturated rings. The van der Waals surface area contributed by atoms with Crippen molar-refractivity contribution in [2.45, 2.75) is 6.42 Å². The van der Waals surface area contributed by atoms with Crippen LogP contribution in [0, 0.1) is 0 Å². The van der Waals surface area contributed by atoms with Crippen molar-refractivity contribution in [1.29, 1.82) is 0 Å². The van der Waals surface area contributed by atoms with E-state index in [9.17, 15) is 9.59 Å². The zero-order chi connectivity index (χ0) is 15.2. The SMILES string of the molecule is NCCc1nc(C(=O)Nc2ccc(NC(N)=O)cc2)cs1. The van der Waals surface area contributed by atoms with Crippen LogP contribution in [0.25, 0.3) is 0 Å². The Morgan fingerprint density at radius 3 is 2.33 bits per heavy atom. The van der Waals surface area contributed by atoms with Crippen LogP contribution in [0.1, 0.15) is 15.5 Å². The summed E-state index contributed by atoms with van der Waals surface area (Å²) in [6.07, 6.45) is 0.658. The number of nitrogens with zero attached hydrogens (tertiary/aromatic N) is 1. The Morgan fingerprint density at radius 1 is 1.14 bits per heavy atom. The zero-order valence-electron chi connectivity index (χ0n) is 11.1. The Labute approximate surface area is 125 Å². The van der Waals surface area contributed by atoms with E-state index in [-0.39, 0.29) is 5.91 Å². The van der Waals surface area contributed by atoms with Gasteiger partial charge in [-0.25, -0.2) is 9.78 Å². The van der Waals surface area contributed by atoms with Crippen LogP contribution in [0.4, 0.5) is 16.2 Å². The number of hydrogen-bond donors (Lipinski definition) is 4. The van der Waals surface area contributed by atoms with Crippen LogP contribution in [-0.4, -0.2) is 23.5 Å². The highest BCUT2D eigenvalue weighted by Gasteiger charge is 2.10.